The van der Waals surface area contributed by atoms with Crippen molar-refractivity contribution in [3.8, 4) is 0 Å². The number of unbranched alkanes of at least 4 members (excludes halogenated alkanes) is 1. The lowest BCUT2D eigenvalue weighted by Gasteiger charge is -2.23. The van der Waals surface area contributed by atoms with Crippen LogP contribution in [0.1, 0.15) is 59.3 Å². The van der Waals surface area contributed by atoms with Gasteiger partial charge in [-0.1, -0.05) is 27.2 Å². The monoisotopic (exact) mass is 239 g/mol. The lowest BCUT2D eigenvalue weighted by molar-refractivity contribution is -0.121. The van der Waals surface area contributed by atoms with Gasteiger partial charge in [-0.3, -0.25) is 9.59 Å². The van der Waals surface area contributed by atoms with Crippen LogP contribution in [0, 0.1) is 11.3 Å². The molecule has 1 aliphatic carbocycles. The van der Waals surface area contributed by atoms with Crippen LogP contribution in [-0.4, -0.2) is 18.2 Å². The number of carbonyl (C=O) groups is 2. The van der Waals surface area contributed by atoms with Gasteiger partial charge in [0.15, 0.2) is 0 Å². The van der Waals surface area contributed by atoms with Gasteiger partial charge in [-0.2, -0.15) is 0 Å². The van der Waals surface area contributed by atoms with Gasteiger partial charge in [0.2, 0.25) is 6.41 Å². The molecular weight excluding hydrogens is 214 g/mol. The van der Waals surface area contributed by atoms with Crippen LogP contribution < -0.4 is 5.32 Å². The van der Waals surface area contributed by atoms with E-state index in [-0.39, 0.29) is 11.5 Å². The van der Waals surface area contributed by atoms with Crippen LogP contribution in [0.15, 0.2) is 0 Å². The molecule has 1 N–H and O–H groups in total. The Labute approximate surface area is 104 Å². The highest BCUT2D eigenvalue weighted by atomic mass is 16.1. The first-order valence-electron chi connectivity index (χ1n) is 6.72. The van der Waals surface area contributed by atoms with Crippen LogP contribution in [0.5, 0.6) is 0 Å². The quantitative estimate of drug-likeness (QED) is 0.694. The molecule has 3 nitrogen and oxygen atoms in total. The SMILES string of the molecule is CCCCC(=O)CC1(C)CC(C)C(NC=O)C1. The number of hydrogen-bond donors (Lipinski definition) is 1. The normalized spacial score (nSPS) is 32.4. The predicted octanol–water partition coefficient (Wildman–Crippen LogP) is 2.69. The second-order valence-electron chi connectivity index (χ2n) is 5.91. The average molecular weight is 239 g/mol. The Balaban J connectivity index is 2.47. The Morgan fingerprint density at radius 3 is 2.76 bits per heavy atom. The van der Waals surface area contributed by atoms with Crippen molar-refractivity contribution in [2.75, 3.05) is 0 Å². The van der Waals surface area contributed by atoms with Crippen LogP contribution in [0.4, 0.5) is 0 Å². The molecule has 0 saturated heterocycles. The van der Waals surface area contributed by atoms with Gasteiger partial charge in [0, 0.05) is 18.9 Å². The van der Waals surface area contributed by atoms with Crippen LogP contribution in [-0.2, 0) is 9.59 Å². The Bertz CT molecular complexity index is 277. The van der Waals surface area contributed by atoms with E-state index in [1.165, 1.54) is 0 Å². The maximum atomic E-state index is 11.8. The number of carbonyl (C=O) groups excluding carboxylic acids is 2. The molecule has 98 valence electrons. The van der Waals surface area contributed by atoms with E-state index in [9.17, 15) is 9.59 Å². The number of Topliss-reactive ketones (excluding diaryl/α,β-unsaturated/α-hetero) is 1. The van der Waals surface area contributed by atoms with Gasteiger partial charge in [0.1, 0.15) is 5.78 Å². The highest BCUT2D eigenvalue weighted by Gasteiger charge is 2.40. The molecule has 3 heteroatoms. The molecule has 0 aromatic rings. The zero-order chi connectivity index (χ0) is 12.9. The van der Waals surface area contributed by atoms with E-state index in [1.54, 1.807) is 0 Å². The summed E-state index contributed by atoms with van der Waals surface area (Å²) in [4.78, 5) is 22.3. The highest BCUT2D eigenvalue weighted by Crippen LogP contribution is 2.44. The number of nitrogens with one attached hydrogen (secondary N) is 1. The zero-order valence-electron chi connectivity index (χ0n) is 11.3. The van der Waals surface area contributed by atoms with Gasteiger partial charge >= 0.3 is 0 Å². The molecule has 0 heterocycles. The third kappa shape index (κ3) is 4.14. The fourth-order valence-electron chi connectivity index (χ4n) is 3.13. The largest absolute Gasteiger partial charge is 0.356 e. The minimum atomic E-state index is 0.0882. The van der Waals surface area contributed by atoms with Crippen LogP contribution >= 0.6 is 0 Å². The van der Waals surface area contributed by atoms with Crippen molar-refractivity contribution < 1.29 is 9.59 Å². The van der Waals surface area contributed by atoms with Gasteiger partial charge in [-0.25, -0.2) is 0 Å². The molecule has 3 unspecified atom stereocenters. The summed E-state index contributed by atoms with van der Waals surface area (Å²) in [6.45, 7) is 6.44. The van der Waals surface area contributed by atoms with Crippen molar-refractivity contribution in [3.63, 3.8) is 0 Å². The molecule has 0 aliphatic heterocycles. The van der Waals surface area contributed by atoms with Crippen molar-refractivity contribution in [2.45, 2.75) is 65.3 Å². The fourth-order valence-corrected chi connectivity index (χ4v) is 3.13. The number of hydrogen-bond acceptors (Lipinski definition) is 2. The smallest absolute Gasteiger partial charge is 0.207 e. The van der Waals surface area contributed by atoms with E-state index in [0.29, 0.717) is 24.5 Å². The van der Waals surface area contributed by atoms with Crippen molar-refractivity contribution >= 4 is 12.2 Å². The van der Waals surface area contributed by atoms with Gasteiger partial charge in [-0.05, 0) is 30.6 Å². The average Bonchev–Trinajstić information content (AvgIpc) is 2.51. The molecule has 1 fully saturated rings. The molecule has 3 atom stereocenters. The van der Waals surface area contributed by atoms with E-state index in [4.69, 9.17) is 0 Å². The van der Waals surface area contributed by atoms with Gasteiger partial charge in [0.05, 0.1) is 0 Å². The molecule has 0 aromatic carbocycles. The Morgan fingerprint density at radius 2 is 2.18 bits per heavy atom. The van der Waals surface area contributed by atoms with E-state index < -0.39 is 0 Å². The molecule has 0 radical (unpaired) electrons. The molecular formula is C14H25NO2. The summed E-state index contributed by atoms with van der Waals surface area (Å²) in [5, 5.41) is 2.87. The van der Waals surface area contributed by atoms with Crippen molar-refractivity contribution in [1.29, 1.82) is 0 Å². The summed E-state index contributed by atoms with van der Waals surface area (Å²) < 4.78 is 0. The predicted molar refractivity (Wildman–Crippen MR) is 68.6 cm³/mol. The van der Waals surface area contributed by atoms with Crippen LogP contribution in [0.2, 0.25) is 0 Å². The maximum Gasteiger partial charge on any atom is 0.207 e. The van der Waals surface area contributed by atoms with Crippen molar-refractivity contribution in [2.24, 2.45) is 11.3 Å². The Morgan fingerprint density at radius 1 is 1.47 bits per heavy atom. The summed E-state index contributed by atoms with van der Waals surface area (Å²) in [5.41, 5.74) is 0.0882. The molecule has 1 rings (SSSR count). The molecule has 0 aromatic heterocycles. The van der Waals surface area contributed by atoms with Crippen LogP contribution in [0.25, 0.3) is 0 Å². The second-order valence-corrected chi connectivity index (χ2v) is 5.91. The summed E-state index contributed by atoms with van der Waals surface area (Å²) in [6, 6.07) is 0.247. The van der Waals surface area contributed by atoms with Gasteiger partial charge < -0.3 is 5.32 Å². The standard InChI is InChI=1S/C14H25NO2/c1-4-5-6-12(17)8-14(3)7-11(2)13(9-14)15-10-16/h10-11,13H,4-9H2,1-3H3,(H,15,16). The molecule has 1 amide bonds. The minimum Gasteiger partial charge on any atom is -0.356 e. The summed E-state index contributed by atoms with van der Waals surface area (Å²) in [6.07, 6.45) is 6.22. The van der Waals surface area contributed by atoms with E-state index in [0.717, 1.165) is 32.1 Å². The Hall–Kier alpha value is -0.860. The summed E-state index contributed by atoms with van der Waals surface area (Å²) in [5.74, 6) is 0.859. The number of amides is 1. The molecule has 1 aliphatic rings. The maximum absolute atomic E-state index is 11.8. The zero-order valence-corrected chi connectivity index (χ0v) is 11.3. The summed E-state index contributed by atoms with van der Waals surface area (Å²) in [7, 11) is 0. The first-order valence-corrected chi connectivity index (χ1v) is 6.72. The Kier molecular flexibility index (Phi) is 5.16. The van der Waals surface area contributed by atoms with Crippen LogP contribution in [0.3, 0.4) is 0 Å². The number of rotatable bonds is 7. The first kappa shape index (κ1) is 14.2. The lowest BCUT2D eigenvalue weighted by atomic mass is 9.82. The van der Waals surface area contributed by atoms with Gasteiger partial charge in [-0.15, -0.1) is 0 Å². The molecule has 1 saturated carbocycles. The van der Waals surface area contributed by atoms with Crippen molar-refractivity contribution in [3.05, 3.63) is 0 Å². The first-order chi connectivity index (χ1) is 8.00. The number of ketones is 1. The fraction of sp³-hybridized carbons (Fsp3) is 0.857. The third-order valence-corrected chi connectivity index (χ3v) is 3.93. The van der Waals surface area contributed by atoms with Crippen molar-refractivity contribution in [1.82, 2.24) is 5.32 Å². The topological polar surface area (TPSA) is 46.2 Å². The van der Waals surface area contributed by atoms with E-state index >= 15 is 0 Å². The summed E-state index contributed by atoms with van der Waals surface area (Å²) >= 11 is 0. The minimum absolute atomic E-state index is 0.0882. The van der Waals surface area contributed by atoms with E-state index in [1.807, 2.05) is 0 Å². The highest BCUT2D eigenvalue weighted by molar-refractivity contribution is 5.79. The third-order valence-electron chi connectivity index (χ3n) is 3.93. The van der Waals surface area contributed by atoms with Gasteiger partial charge in [0.25, 0.3) is 0 Å². The lowest BCUT2D eigenvalue weighted by Crippen LogP contribution is -2.30. The van der Waals surface area contributed by atoms with E-state index in [2.05, 4.69) is 26.1 Å². The molecule has 0 bridgehead atoms. The molecule has 0 spiro atoms. The second kappa shape index (κ2) is 6.18. The molecule has 17 heavy (non-hydrogen) atoms.